The second-order valence-electron chi connectivity index (χ2n) is 3.84. The highest BCUT2D eigenvalue weighted by atomic mass is 14.6. The standard InChI is InChI=1S/C14H11N/c1-10-8-15-9-14-12(10)7-6-11-4-2-3-5-13(11)14/h2-9H,1H3. The first-order valence-electron chi connectivity index (χ1n) is 5.08. The SMILES string of the molecule is Cc1cncc2c1ccc1ccccc12. The molecule has 0 saturated heterocycles. The van der Waals surface area contributed by atoms with Crippen molar-refractivity contribution in [3.63, 3.8) is 0 Å². The van der Waals surface area contributed by atoms with Crippen LogP contribution in [0.5, 0.6) is 0 Å². The van der Waals surface area contributed by atoms with Gasteiger partial charge in [0, 0.05) is 17.8 Å². The molecule has 72 valence electrons. The second kappa shape index (κ2) is 3.06. The van der Waals surface area contributed by atoms with Crippen molar-refractivity contribution in [1.82, 2.24) is 4.98 Å². The van der Waals surface area contributed by atoms with E-state index in [2.05, 4.69) is 48.3 Å². The fourth-order valence-electron chi connectivity index (χ4n) is 2.07. The molecule has 1 heterocycles. The smallest absolute Gasteiger partial charge is 0.0352 e. The summed E-state index contributed by atoms with van der Waals surface area (Å²) in [5.41, 5.74) is 1.23. The highest BCUT2D eigenvalue weighted by Gasteiger charge is 2.01. The van der Waals surface area contributed by atoms with Crippen molar-refractivity contribution in [1.29, 1.82) is 0 Å². The minimum absolute atomic E-state index is 1.23. The van der Waals surface area contributed by atoms with Crippen molar-refractivity contribution in [2.24, 2.45) is 0 Å². The molecule has 1 heteroatoms. The Bertz CT molecular complexity index is 641. The Labute approximate surface area is 88.4 Å². The van der Waals surface area contributed by atoms with Crippen LogP contribution < -0.4 is 0 Å². The number of rotatable bonds is 0. The molecule has 3 rings (SSSR count). The van der Waals surface area contributed by atoms with Crippen LogP contribution in [0.1, 0.15) is 5.56 Å². The minimum Gasteiger partial charge on any atom is -0.264 e. The number of nitrogens with zero attached hydrogens (tertiary/aromatic N) is 1. The van der Waals surface area contributed by atoms with Crippen molar-refractivity contribution < 1.29 is 0 Å². The second-order valence-corrected chi connectivity index (χ2v) is 3.84. The molecule has 0 amide bonds. The van der Waals surface area contributed by atoms with E-state index in [0.717, 1.165) is 0 Å². The first-order chi connectivity index (χ1) is 7.36. The third kappa shape index (κ3) is 1.20. The Balaban J connectivity index is 2.60. The summed E-state index contributed by atoms with van der Waals surface area (Å²) in [6.07, 6.45) is 3.86. The molecule has 0 aliphatic rings. The van der Waals surface area contributed by atoms with Crippen LogP contribution in [0.3, 0.4) is 0 Å². The molecular formula is C14H11N. The molecule has 3 aromatic rings. The fraction of sp³-hybridized carbons (Fsp3) is 0.0714. The number of hydrogen-bond donors (Lipinski definition) is 0. The Morgan fingerprint density at radius 3 is 2.60 bits per heavy atom. The Hall–Kier alpha value is -1.89. The molecule has 0 aliphatic heterocycles. The Morgan fingerprint density at radius 1 is 0.800 bits per heavy atom. The van der Waals surface area contributed by atoms with Crippen LogP contribution in [-0.2, 0) is 0 Å². The van der Waals surface area contributed by atoms with Gasteiger partial charge in [-0.15, -0.1) is 0 Å². The zero-order valence-electron chi connectivity index (χ0n) is 8.57. The van der Waals surface area contributed by atoms with Gasteiger partial charge in [-0.25, -0.2) is 0 Å². The number of aryl methyl sites for hydroxylation is 1. The van der Waals surface area contributed by atoms with E-state index in [1.54, 1.807) is 0 Å². The predicted octanol–water partition coefficient (Wildman–Crippen LogP) is 3.70. The van der Waals surface area contributed by atoms with Crippen molar-refractivity contribution in [2.75, 3.05) is 0 Å². The largest absolute Gasteiger partial charge is 0.264 e. The van der Waals surface area contributed by atoms with E-state index < -0.39 is 0 Å². The predicted molar refractivity (Wildman–Crippen MR) is 64.0 cm³/mol. The first-order valence-corrected chi connectivity index (χ1v) is 5.08. The number of fused-ring (bicyclic) bond motifs is 3. The van der Waals surface area contributed by atoms with Crippen LogP contribution in [0.2, 0.25) is 0 Å². The van der Waals surface area contributed by atoms with Crippen LogP contribution in [0, 0.1) is 6.92 Å². The third-order valence-electron chi connectivity index (χ3n) is 2.87. The normalized spacial score (nSPS) is 11.0. The van der Waals surface area contributed by atoms with E-state index in [9.17, 15) is 0 Å². The van der Waals surface area contributed by atoms with Gasteiger partial charge in [0.2, 0.25) is 0 Å². The monoisotopic (exact) mass is 193 g/mol. The van der Waals surface area contributed by atoms with Crippen molar-refractivity contribution >= 4 is 21.5 Å². The molecule has 0 bridgehead atoms. The van der Waals surface area contributed by atoms with Crippen LogP contribution in [0.25, 0.3) is 21.5 Å². The zero-order chi connectivity index (χ0) is 10.3. The number of benzene rings is 2. The lowest BCUT2D eigenvalue weighted by Crippen LogP contribution is -1.82. The molecule has 0 fully saturated rings. The number of pyridine rings is 1. The lowest BCUT2D eigenvalue weighted by atomic mass is 10.0. The molecule has 1 aromatic heterocycles. The van der Waals surface area contributed by atoms with Gasteiger partial charge in [-0.05, 0) is 28.6 Å². The summed E-state index contributed by atoms with van der Waals surface area (Å²) >= 11 is 0. The highest BCUT2D eigenvalue weighted by Crippen LogP contribution is 2.25. The molecule has 0 saturated carbocycles. The third-order valence-corrected chi connectivity index (χ3v) is 2.87. The van der Waals surface area contributed by atoms with Crippen LogP contribution in [-0.4, -0.2) is 4.98 Å². The van der Waals surface area contributed by atoms with E-state index in [1.807, 2.05) is 12.4 Å². The van der Waals surface area contributed by atoms with Gasteiger partial charge >= 0.3 is 0 Å². The Morgan fingerprint density at radius 2 is 1.67 bits per heavy atom. The van der Waals surface area contributed by atoms with Gasteiger partial charge in [0.05, 0.1) is 0 Å². The number of hydrogen-bond acceptors (Lipinski definition) is 1. The van der Waals surface area contributed by atoms with Crippen LogP contribution >= 0.6 is 0 Å². The molecule has 0 N–H and O–H groups in total. The fourth-order valence-corrected chi connectivity index (χ4v) is 2.07. The topological polar surface area (TPSA) is 12.9 Å². The molecule has 0 aliphatic carbocycles. The van der Waals surface area contributed by atoms with E-state index >= 15 is 0 Å². The summed E-state index contributed by atoms with van der Waals surface area (Å²) in [6.45, 7) is 2.10. The van der Waals surface area contributed by atoms with Crippen LogP contribution in [0.15, 0.2) is 48.8 Å². The summed E-state index contributed by atoms with van der Waals surface area (Å²) in [4.78, 5) is 4.26. The molecular weight excluding hydrogens is 182 g/mol. The maximum absolute atomic E-state index is 4.26. The molecule has 0 unspecified atom stereocenters. The van der Waals surface area contributed by atoms with Gasteiger partial charge in [0.1, 0.15) is 0 Å². The minimum atomic E-state index is 1.23. The maximum atomic E-state index is 4.26. The molecule has 15 heavy (non-hydrogen) atoms. The molecule has 1 nitrogen and oxygen atoms in total. The summed E-state index contributed by atoms with van der Waals surface area (Å²) in [7, 11) is 0. The highest BCUT2D eigenvalue weighted by molar-refractivity contribution is 6.07. The molecule has 0 radical (unpaired) electrons. The molecule has 2 aromatic carbocycles. The first kappa shape index (κ1) is 8.42. The summed E-state index contributed by atoms with van der Waals surface area (Å²) < 4.78 is 0. The zero-order valence-corrected chi connectivity index (χ0v) is 8.57. The van der Waals surface area contributed by atoms with Gasteiger partial charge in [-0.2, -0.15) is 0 Å². The van der Waals surface area contributed by atoms with Crippen molar-refractivity contribution in [3.05, 3.63) is 54.4 Å². The van der Waals surface area contributed by atoms with Crippen LogP contribution in [0.4, 0.5) is 0 Å². The maximum Gasteiger partial charge on any atom is 0.0352 e. The van der Waals surface area contributed by atoms with Gasteiger partial charge < -0.3 is 0 Å². The lowest BCUT2D eigenvalue weighted by molar-refractivity contribution is 1.31. The average molecular weight is 193 g/mol. The summed E-state index contributed by atoms with van der Waals surface area (Å²) in [5, 5.41) is 5.10. The van der Waals surface area contributed by atoms with Gasteiger partial charge in [-0.3, -0.25) is 4.98 Å². The van der Waals surface area contributed by atoms with E-state index in [0.29, 0.717) is 0 Å². The Kier molecular flexibility index (Phi) is 1.72. The van der Waals surface area contributed by atoms with Gasteiger partial charge in [-0.1, -0.05) is 36.4 Å². The van der Waals surface area contributed by atoms with E-state index in [1.165, 1.54) is 27.1 Å². The van der Waals surface area contributed by atoms with E-state index in [-0.39, 0.29) is 0 Å². The summed E-state index contributed by atoms with van der Waals surface area (Å²) in [6, 6.07) is 12.8. The van der Waals surface area contributed by atoms with Crippen molar-refractivity contribution in [3.8, 4) is 0 Å². The van der Waals surface area contributed by atoms with E-state index in [4.69, 9.17) is 0 Å². The molecule has 0 spiro atoms. The van der Waals surface area contributed by atoms with Gasteiger partial charge in [0.15, 0.2) is 0 Å². The lowest BCUT2D eigenvalue weighted by Gasteiger charge is -2.04. The number of aromatic nitrogens is 1. The van der Waals surface area contributed by atoms with Gasteiger partial charge in [0.25, 0.3) is 0 Å². The molecule has 0 atom stereocenters. The van der Waals surface area contributed by atoms with Crippen molar-refractivity contribution in [2.45, 2.75) is 6.92 Å². The quantitative estimate of drug-likeness (QED) is 0.496. The summed E-state index contributed by atoms with van der Waals surface area (Å²) in [5.74, 6) is 0. The average Bonchev–Trinajstić information content (AvgIpc) is 2.29.